The lowest BCUT2D eigenvalue weighted by atomic mass is 9.61. The Morgan fingerprint density at radius 3 is 1.83 bits per heavy atom. The van der Waals surface area contributed by atoms with Gasteiger partial charge in [-0.25, -0.2) is 0 Å². The molecule has 2 aliphatic carbocycles. The smallest absolute Gasteiger partial charge is 0.0726 e. The molecule has 0 radical (unpaired) electrons. The van der Waals surface area contributed by atoms with Gasteiger partial charge < -0.3 is 9.47 Å². The maximum atomic E-state index is 9.86. The molecule has 0 amide bonds. The van der Waals surface area contributed by atoms with E-state index in [0.717, 1.165) is 83.1 Å². The van der Waals surface area contributed by atoms with Crippen molar-refractivity contribution in [3.8, 4) is 27.9 Å². The van der Waals surface area contributed by atoms with Gasteiger partial charge in [-0.1, -0.05) is 158 Å². The first-order valence-electron chi connectivity index (χ1n) is 23.0. The third-order valence-electron chi connectivity index (χ3n) is 12.7. The largest absolute Gasteiger partial charge is 0.310 e. The highest BCUT2D eigenvalue weighted by Crippen LogP contribution is 2.62. The van der Waals surface area contributed by atoms with Crippen LogP contribution >= 0.6 is 0 Å². The van der Waals surface area contributed by atoms with Crippen molar-refractivity contribution < 1.29 is 8.22 Å². The lowest BCUT2D eigenvalue weighted by Gasteiger charge is -2.41. The Bertz CT molecular complexity index is 3820. The van der Waals surface area contributed by atoms with Crippen LogP contribution in [-0.2, 0) is 5.41 Å². The van der Waals surface area contributed by atoms with Crippen molar-refractivity contribution in [2.24, 2.45) is 0 Å². The summed E-state index contributed by atoms with van der Waals surface area (Å²) < 4.78 is 58.4. The number of nitrogens with zero attached hydrogens (tertiary/aromatic N) is 2. The van der Waals surface area contributed by atoms with Crippen molar-refractivity contribution in [1.82, 2.24) is 4.57 Å². The second-order valence-corrected chi connectivity index (χ2v) is 15.6. The minimum absolute atomic E-state index is 0.116. The van der Waals surface area contributed by atoms with Crippen molar-refractivity contribution in [2.75, 3.05) is 4.90 Å². The SMILES string of the molecule is [2H]c1c([2H])c2c3c(c([2H])c([2H])c([2H])c3c1[2H])C1(c3ccccc3-c3ccccc31)c1cc(N(c3ccc4ccccc4c3)c3ccc4c(c3)c3ccccc3n4-c3ccccc3)ccc1-2. The molecular weight excluding hydrogens is 713 g/mol. The molecule has 10 aromatic carbocycles. The van der Waals surface area contributed by atoms with E-state index >= 15 is 0 Å². The van der Waals surface area contributed by atoms with Crippen LogP contribution in [0.1, 0.15) is 30.5 Å². The van der Waals surface area contributed by atoms with Gasteiger partial charge in [0.15, 0.2) is 0 Å². The summed E-state index contributed by atoms with van der Waals surface area (Å²) in [5, 5.41) is 5.01. The topological polar surface area (TPSA) is 8.17 Å². The summed E-state index contributed by atoms with van der Waals surface area (Å²) in [5.41, 5.74) is 11.1. The first-order chi connectivity index (χ1) is 31.8. The van der Waals surface area contributed by atoms with Gasteiger partial charge in [0.2, 0.25) is 0 Å². The molecule has 0 N–H and O–H groups in total. The van der Waals surface area contributed by atoms with Crippen molar-refractivity contribution in [3.63, 3.8) is 0 Å². The molecule has 2 aliphatic rings. The molecule has 1 spiro atoms. The maximum Gasteiger partial charge on any atom is 0.0726 e. The van der Waals surface area contributed by atoms with E-state index in [4.69, 9.17) is 1.37 Å². The maximum absolute atomic E-state index is 9.86. The predicted octanol–water partition coefficient (Wildman–Crippen LogP) is 14.9. The van der Waals surface area contributed by atoms with Gasteiger partial charge in [0.05, 0.1) is 24.7 Å². The summed E-state index contributed by atoms with van der Waals surface area (Å²) in [6.45, 7) is 0. The number of benzene rings is 10. The predicted molar refractivity (Wildman–Crippen MR) is 247 cm³/mol. The molecular formula is C57H36N2. The highest BCUT2D eigenvalue weighted by Gasteiger charge is 2.50. The van der Waals surface area contributed by atoms with Gasteiger partial charge >= 0.3 is 0 Å². The van der Waals surface area contributed by atoms with Gasteiger partial charge in [-0.2, -0.15) is 0 Å². The van der Waals surface area contributed by atoms with Crippen LogP contribution in [0.5, 0.6) is 0 Å². The Morgan fingerprint density at radius 1 is 0.390 bits per heavy atom. The minimum atomic E-state index is -1.17. The Labute approximate surface area is 350 Å². The van der Waals surface area contributed by atoms with Gasteiger partial charge in [-0.05, 0) is 127 Å². The van der Waals surface area contributed by atoms with E-state index in [0.29, 0.717) is 22.1 Å². The van der Waals surface area contributed by atoms with Gasteiger partial charge in [-0.3, -0.25) is 0 Å². The van der Waals surface area contributed by atoms with Gasteiger partial charge in [0.1, 0.15) is 0 Å². The highest BCUT2D eigenvalue weighted by molar-refractivity contribution is 6.11. The monoisotopic (exact) mass is 754 g/mol. The van der Waals surface area contributed by atoms with Crippen LogP contribution in [0.3, 0.4) is 0 Å². The van der Waals surface area contributed by atoms with Crippen LogP contribution in [-0.4, -0.2) is 4.57 Å². The number of hydrogen-bond donors (Lipinski definition) is 0. The van der Waals surface area contributed by atoms with E-state index in [1.54, 1.807) is 0 Å². The summed E-state index contributed by atoms with van der Waals surface area (Å²) in [4.78, 5) is 2.28. The van der Waals surface area contributed by atoms with Crippen molar-refractivity contribution in [1.29, 1.82) is 0 Å². The fourth-order valence-electron chi connectivity index (χ4n) is 10.3. The molecule has 13 rings (SSSR count). The van der Waals surface area contributed by atoms with Crippen LogP contribution in [0.4, 0.5) is 17.1 Å². The number of anilines is 3. The number of hydrogen-bond acceptors (Lipinski definition) is 1. The molecule has 2 nitrogen and oxygen atoms in total. The van der Waals surface area contributed by atoms with Crippen LogP contribution in [0, 0.1) is 0 Å². The molecule has 0 unspecified atom stereocenters. The molecule has 2 heteroatoms. The summed E-state index contributed by atoms with van der Waals surface area (Å²) >= 11 is 0. The first kappa shape index (κ1) is 27.0. The molecule has 59 heavy (non-hydrogen) atoms. The molecule has 274 valence electrons. The average Bonchev–Trinajstić information content (AvgIpc) is 3.83. The molecule has 11 aromatic rings. The van der Waals surface area contributed by atoms with E-state index < -0.39 is 5.41 Å². The number of aromatic nitrogens is 1. The Hall–Kier alpha value is -7.68. The summed E-state index contributed by atoms with van der Waals surface area (Å²) in [5.74, 6) is 0. The number of fused-ring (bicyclic) bond motifs is 13. The summed E-state index contributed by atoms with van der Waals surface area (Å²) in [6.07, 6.45) is 0. The third kappa shape index (κ3) is 4.40. The van der Waals surface area contributed by atoms with E-state index in [1.165, 1.54) is 0 Å². The van der Waals surface area contributed by atoms with E-state index in [-0.39, 0.29) is 41.6 Å². The molecule has 0 saturated carbocycles. The molecule has 0 saturated heterocycles. The first-order valence-corrected chi connectivity index (χ1v) is 20.0. The fraction of sp³-hybridized carbons (Fsp3) is 0.0175. The van der Waals surface area contributed by atoms with Gasteiger partial charge in [0, 0.05) is 33.5 Å². The normalized spacial score (nSPS) is 14.6. The van der Waals surface area contributed by atoms with Crippen molar-refractivity contribution in [3.05, 3.63) is 240 Å². The third-order valence-corrected chi connectivity index (χ3v) is 12.7. The zero-order chi connectivity index (χ0) is 43.9. The fourth-order valence-corrected chi connectivity index (χ4v) is 10.3. The molecule has 1 heterocycles. The van der Waals surface area contributed by atoms with E-state index in [2.05, 4.69) is 149 Å². The Balaban J connectivity index is 1.16. The molecule has 0 fully saturated rings. The second kappa shape index (κ2) is 12.2. The van der Waals surface area contributed by atoms with Crippen LogP contribution in [0.25, 0.3) is 71.3 Å². The molecule has 0 atom stereocenters. The van der Waals surface area contributed by atoms with Crippen molar-refractivity contribution >= 4 is 60.4 Å². The number of para-hydroxylation sites is 2. The van der Waals surface area contributed by atoms with Gasteiger partial charge in [-0.15, -0.1) is 0 Å². The highest BCUT2D eigenvalue weighted by atomic mass is 15.1. The van der Waals surface area contributed by atoms with Gasteiger partial charge in [0.25, 0.3) is 0 Å². The lowest BCUT2D eigenvalue weighted by Crippen LogP contribution is -2.32. The standard InChI is InChI=1S/C57H36N2/c1-2-18-40(19-3-1)59-54-27-11-8-22-47(54)49-35-42(31-33-55(49)59)58(41-29-28-37-14-4-5-15-39(37)34-41)43-30-32-46-48-23-12-16-38-17-13-26-52(56(38)48)57(53(46)36-43)50-24-9-6-20-44(50)45-21-7-10-25-51(45)57/h1-36H/i12D,13D,16D,17D,23D,26D. The van der Waals surface area contributed by atoms with E-state index in [9.17, 15) is 6.85 Å². The van der Waals surface area contributed by atoms with E-state index in [1.807, 2.05) is 42.5 Å². The van der Waals surface area contributed by atoms with Crippen molar-refractivity contribution in [2.45, 2.75) is 5.41 Å². The zero-order valence-electron chi connectivity index (χ0n) is 37.7. The lowest BCUT2D eigenvalue weighted by molar-refractivity contribution is 0.773. The Kier molecular flexibility index (Phi) is 5.57. The quantitative estimate of drug-likeness (QED) is 0.174. The molecule has 0 aliphatic heterocycles. The Morgan fingerprint density at radius 2 is 1.00 bits per heavy atom. The number of rotatable bonds is 4. The van der Waals surface area contributed by atoms with Crippen LogP contribution in [0.15, 0.2) is 218 Å². The summed E-state index contributed by atoms with van der Waals surface area (Å²) in [7, 11) is 0. The summed E-state index contributed by atoms with van der Waals surface area (Å²) in [6, 6.07) is 61.8. The molecule has 0 bridgehead atoms. The average molecular weight is 755 g/mol. The van der Waals surface area contributed by atoms with Crippen LogP contribution in [0.2, 0.25) is 0 Å². The minimum Gasteiger partial charge on any atom is -0.310 e. The zero-order valence-corrected chi connectivity index (χ0v) is 31.7. The van der Waals surface area contributed by atoms with Crippen LogP contribution < -0.4 is 4.90 Å². The molecule has 1 aromatic heterocycles. The second-order valence-electron chi connectivity index (χ2n) is 15.6.